The van der Waals surface area contributed by atoms with Gasteiger partial charge in [0.2, 0.25) is 0 Å². The van der Waals surface area contributed by atoms with Crippen LogP contribution in [0.15, 0.2) is 18.3 Å². The van der Waals surface area contributed by atoms with Crippen molar-refractivity contribution >= 4 is 23.5 Å². The SMILES string of the molecule is CCOC(=O)[C@@H]1CCCN(C(=O)c2ccc(Cl)cn2)C1. The Hall–Kier alpha value is -1.62. The first-order valence-electron chi connectivity index (χ1n) is 6.69. The lowest BCUT2D eigenvalue weighted by Crippen LogP contribution is -2.43. The first-order valence-corrected chi connectivity index (χ1v) is 7.07. The van der Waals surface area contributed by atoms with E-state index in [-0.39, 0.29) is 17.8 Å². The van der Waals surface area contributed by atoms with Crippen molar-refractivity contribution in [2.24, 2.45) is 5.92 Å². The van der Waals surface area contributed by atoms with Gasteiger partial charge in [0.1, 0.15) is 5.69 Å². The average Bonchev–Trinajstić information content (AvgIpc) is 2.48. The van der Waals surface area contributed by atoms with Crippen molar-refractivity contribution in [3.63, 3.8) is 0 Å². The number of amides is 1. The van der Waals surface area contributed by atoms with Crippen molar-refractivity contribution in [1.82, 2.24) is 9.88 Å². The Morgan fingerprint density at radius 3 is 2.95 bits per heavy atom. The summed E-state index contributed by atoms with van der Waals surface area (Å²) < 4.78 is 5.02. The van der Waals surface area contributed by atoms with Crippen LogP contribution in [0.4, 0.5) is 0 Å². The van der Waals surface area contributed by atoms with Crippen LogP contribution in [0.2, 0.25) is 5.02 Å². The number of nitrogens with zero attached hydrogens (tertiary/aromatic N) is 2. The summed E-state index contributed by atoms with van der Waals surface area (Å²) in [6, 6.07) is 3.23. The summed E-state index contributed by atoms with van der Waals surface area (Å²) in [5, 5.41) is 0.490. The molecule has 108 valence electrons. The van der Waals surface area contributed by atoms with Crippen LogP contribution >= 0.6 is 11.6 Å². The first kappa shape index (κ1) is 14.8. The highest BCUT2D eigenvalue weighted by molar-refractivity contribution is 6.30. The molecule has 0 aliphatic carbocycles. The van der Waals surface area contributed by atoms with Gasteiger partial charge in [-0.05, 0) is 31.9 Å². The van der Waals surface area contributed by atoms with E-state index >= 15 is 0 Å². The Morgan fingerprint density at radius 1 is 1.50 bits per heavy atom. The summed E-state index contributed by atoms with van der Waals surface area (Å²) in [5.74, 6) is -0.635. The van der Waals surface area contributed by atoms with E-state index in [1.807, 2.05) is 0 Å². The number of ether oxygens (including phenoxy) is 1. The zero-order chi connectivity index (χ0) is 14.5. The van der Waals surface area contributed by atoms with E-state index in [0.717, 1.165) is 12.8 Å². The fraction of sp³-hybridized carbons (Fsp3) is 0.500. The summed E-state index contributed by atoms with van der Waals surface area (Å²) in [6.45, 7) is 3.17. The Morgan fingerprint density at radius 2 is 2.30 bits per heavy atom. The monoisotopic (exact) mass is 296 g/mol. The number of rotatable bonds is 3. The topological polar surface area (TPSA) is 59.5 Å². The maximum atomic E-state index is 12.3. The van der Waals surface area contributed by atoms with Gasteiger partial charge in [-0.2, -0.15) is 0 Å². The number of pyridine rings is 1. The number of esters is 1. The van der Waals surface area contributed by atoms with E-state index in [9.17, 15) is 9.59 Å². The van der Waals surface area contributed by atoms with Crippen LogP contribution < -0.4 is 0 Å². The van der Waals surface area contributed by atoms with E-state index in [0.29, 0.717) is 30.4 Å². The van der Waals surface area contributed by atoms with Crippen molar-refractivity contribution < 1.29 is 14.3 Å². The fourth-order valence-corrected chi connectivity index (χ4v) is 2.39. The van der Waals surface area contributed by atoms with Crippen LogP contribution in [-0.2, 0) is 9.53 Å². The Bertz CT molecular complexity index is 490. The quantitative estimate of drug-likeness (QED) is 0.802. The van der Waals surface area contributed by atoms with Crippen LogP contribution in [0.1, 0.15) is 30.3 Å². The number of carbonyl (C=O) groups is 2. The van der Waals surface area contributed by atoms with Crippen molar-refractivity contribution in [2.75, 3.05) is 19.7 Å². The van der Waals surface area contributed by atoms with Gasteiger partial charge in [-0.1, -0.05) is 11.6 Å². The smallest absolute Gasteiger partial charge is 0.310 e. The maximum absolute atomic E-state index is 12.3. The molecule has 1 aliphatic heterocycles. The summed E-state index contributed by atoms with van der Waals surface area (Å²) >= 11 is 5.75. The van der Waals surface area contributed by atoms with Gasteiger partial charge < -0.3 is 9.64 Å². The minimum absolute atomic E-state index is 0.171. The van der Waals surface area contributed by atoms with Gasteiger partial charge in [0.15, 0.2) is 0 Å². The molecule has 1 amide bonds. The number of piperidine rings is 1. The van der Waals surface area contributed by atoms with Crippen molar-refractivity contribution in [3.05, 3.63) is 29.0 Å². The normalized spacial score (nSPS) is 18.7. The predicted molar refractivity (Wildman–Crippen MR) is 74.5 cm³/mol. The molecule has 1 atom stereocenters. The molecule has 1 fully saturated rings. The van der Waals surface area contributed by atoms with Gasteiger partial charge in [-0.3, -0.25) is 9.59 Å². The second kappa shape index (κ2) is 6.70. The van der Waals surface area contributed by atoms with Gasteiger partial charge in [-0.25, -0.2) is 4.98 Å². The average molecular weight is 297 g/mol. The third kappa shape index (κ3) is 3.48. The number of aromatic nitrogens is 1. The lowest BCUT2D eigenvalue weighted by Gasteiger charge is -2.31. The van der Waals surface area contributed by atoms with Gasteiger partial charge in [-0.15, -0.1) is 0 Å². The molecule has 0 spiro atoms. The minimum Gasteiger partial charge on any atom is -0.466 e. The Kier molecular flexibility index (Phi) is 4.95. The molecule has 1 aliphatic rings. The summed E-state index contributed by atoms with van der Waals surface area (Å²) in [6.07, 6.45) is 3.00. The molecule has 1 saturated heterocycles. The van der Waals surface area contributed by atoms with Crippen LogP contribution in [0.5, 0.6) is 0 Å². The lowest BCUT2D eigenvalue weighted by molar-refractivity contribution is -0.149. The van der Waals surface area contributed by atoms with E-state index in [1.165, 1.54) is 6.20 Å². The minimum atomic E-state index is -0.236. The summed E-state index contributed by atoms with van der Waals surface area (Å²) in [5.41, 5.74) is 0.346. The lowest BCUT2D eigenvalue weighted by atomic mass is 9.98. The molecule has 0 radical (unpaired) electrons. The first-order chi connectivity index (χ1) is 9.61. The number of carbonyl (C=O) groups excluding carboxylic acids is 2. The Balaban J connectivity index is 2.03. The third-order valence-electron chi connectivity index (χ3n) is 3.28. The largest absolute Gasteiger partial charge is 0.466 e. The number of halogens is 1. The molecule has 0 aromatic carbocycles. The van der Waals surface area contributed by atoms with Gasteiger partial charge in [0, 0.05) is 19.3 Å². The van der Waals surface area contributed by atoms with Gasteiger partial charge in [0.25, 0.3) is 5.91 Å². The maximum Gasteiger partial charge on any atom is 0.310 e. The van der Waals surface area contributed by atoms with Crippen molar-refractivity contribution in [1.29, 1.82) is 0 Å². The molecular weight excluding hydrogens is 280 g/mol. The second-order valence-corrected chi connectivity index (χ2v) is 5.14. The van der Waals surface area contributed by atoms with E-state index in [1.54, 1.807) is 24.0 Å². The van der Waals surface area contributed by atoms with Crippen molar-refractivity contribution in [2.45, 2.75) is 19.8 Å². The number of hydrogen-bond donors (Lipinski definition) is 0. The zero-order valence-electron chi connectivity index (χ0n) is 11.3. The number of hydrogen-bond acceptors (Lipinski definition) is 4. The zero-order valence-corrected chi connectivity index (χ0v) is 12.1. The molecule has 0 N–H and O–H groups in total. The van der Waals surface area contributed by atoms with Crippen LogP contribution in [0.25, 0.3) is 0 Å². The molecule has 6 heteroatoms. The standard InChI is InChI=1S/C14H17ClN2O3/c1-2-20-14(19)10-4-3-7-17(9-10)13(18)12-6-5-11(15)8-16-12/h5-6,8,10H,2-4,7,9H2,1H3/t10-/m1/s1. The van der Waals surface area contributed by atoms with Gasteiger partial charge in [0.05, 0.1) is 17.5 Å². The fourth-order valence-electron chi connectivity index (χ4n) is 2.28. The third-order valence-corrected chi connectivity index (χ3v) is 3.50. The highest BCUT2D eigenvalue weighted by atomic mass is 35.5. The molecule has 0 bridgehead atoms. The van der Waals surface area contributed by atoms with Crippen molar-refractivity contribution in [3.8, 4) is 0 Å². The van der Waals surface area contributed by atoms with E-state index in [2.05, 4.69) is 4.98 Å². The van der Waals surface area contributed by atoms with Crippen LogP contribution in [0.3, 0.4) is 0 Å². The molecule has 2 heterocycles. The molecule has 0 unspecified atom stereocenters. The molecule has 2 rings (SSSR count). The summed E-state index contributed by atoms with van der Waals surface area (Å²) in [4.78, 5) is 29.7. The highest BCUT2D eigenvalue weighted by Crippen LogP contribution is 2.19. The molecule has 1 aromatic rings. The number of likely N-dealkylation sites (tertiary alicyclic amines) is 1. The molecule has 1 aromatic heterocycles. The molecule has 0 saturated carbocycles. The predicted octanol–water partition coefficient (Wildman–Crippen LogP) is 2.15. The van der Waals surface area contributed by atoms with Crippen LogP contribution in [0, 0.1) is 5.92 Å². The summed E-state index contributed by atoms with van der Waals surface area (Å²) in [7, 11) is 0. The Labute approximate surface area is 122 Å². The molecule has 20 heavy (non-hydrogen) atoms. The van der Waals surface area contributed by atoms with Crippen LogP contribution in [-0.4, -0.2) is 41.5 Å². The highest BCUT2D eigenvalue weighted by Gasteiger charge is 2.30. The van der Waals surface area contributed by atoms with E-state index in [4.69, 9.17) is 16.3 Å². The van der Waals surface area contributed by atoms with Gasteiger partial charge >= 0.3 is 5.97 Å². The molecular formula is C14H17ClN2O3. The second-order valence-electron chi connectivity index (χ2n) is 4.70. The molecule has 5 nitrogen and oxygen atoms in total. The van der Waals surface area contributed by atoms with E-state index < -0.39 is 0 Å².